The predicted molar refractivity (Wildman–Crippen MR) is 36.7 cm³/mol. The average molecular weight is 121 g/mol. The first-order valence-corrected chi connectivity index (χ1v) is 2.75. The Hall–Kier alpha value is -0.695. The van der Waals surface area contributed by atoms with Crippen LogP contribution in [0.25, 0.3) is 0 Å². The zero-order chi connectivity index (χ0) is 6.85. The number of likely N-dealkylation sites (N-methyl/N-ethyl adjacent to an activating group) is 1. The van der Waals surface area contributed by atoms with Crippen molar-refractivity contribution < 1.29 is 5.11 Å². The Bertz CT molecular complexity index is 164. The van der Waals surface area contributed by atoms with Crippen LogP contribution in [0.2, 0.25) is 0 Å². The molecule has 0 aromatic rings. The zero-order valence-corrected chi connectivity index (χ0v) is 5.28. The SMILES string of the molecule is [B]C1=CN(C)C(O)C=C1. The van der Waals surface area contributed by atoms with Gasteiger partial charge in [0.1, 0.15) is 14.1 Å². The Labute approximate surface area is 55.9 Å². The van der Waals surface area contributed by atoms with Crippen LogP contribution in [0, 0.1) is 0 Å². The molecular weight excluding hydrogens is 113 g/mol. The summed E-state index contributed by atoms with van der Waals surface area (Å²) in [6, 6.07) is 0. The van der Waals surface area contributed by atoms with Crippen molar-refractivity contribution in [2.45, 2.75) is 6.23 Å². The second kappa shape index (κ2) is 2.27. The molecule has 1 atom stereocenters. The van der Waals surface area contributed by atoms with Crippen molar-refractivity contribution in [1.29, 1.82) is 0 Å². The number of nitrogens with zero attached hydrogens (tertiary/aromatic N) is 1. The molecule has 0 aliphatic carbocycles. The molecule has 2 nitrogen and oxygen atoms in total. The maximum Gasteiger partial charge on any atom is 0.145 e. The van der Waals surface area contributed by atoms with E-state index in [0.717, 1.165) is 0 Å². The summed E-state index contributed by atoms with van der Waals surface area (Å²) in [4.78, 5) is 1.63. The molecule has 0 aromatic carbocycles. The molecule has 1 aliphatic heterocycles. The summed E-state index contributed by atoms with van der Waals surface area (Å²) in [7, 11) is 7.17. The normalized spacial score (nSPS) is 26.2. The van der Waals surface area contributed by atoms with Crippen molar-refractivity contribution in [3.05, 3.63) is 23.8 Å². The molecule has 0 fully saturated rings. The minimum Gasteiger partial charge on any atom is -0.370 e. The van der Waals surface area contributed by atoms with Crippen molar-refractivity contribution in [1.82, 2.24) is 4.90 Å². The van der Waals surface area contributed by atoms with Gasteiger partial charge in [-0.15, -0.1) is 0 Å². The predicted octanol–water partition coefficient (Wildman–Crippen LogP) is -0.184. The molecule has 46 valence electrons. The fraction of sp³-hybridized carbons (Fsp3) is 0.333. The fourth-order valence-corrected chi connectivity index (χ4v) is 0.687. The number of hydrogen-bond donors (Lipinski definition) is 1. The van der Waals surface area contributed by atoms with Crippen molar-refractivity contribution in [3.8, 4) is 0 Å². The van der Waals surface area contributed by atoms with Crippen LogP contribution in [-0.2, 0) is 0 Å². The van der Waals surface area contributed by atoms with E-state index in [1.54, 1.807) is 30.3 Å². The summed E-state index contributed by atoms with van der Waals surface area (Å²) in [6.45, 7) is 0. The molecule has 0 bridgehead atoms. The van der Waals surface area contributed by atoms with Gasteiger partial charge in [0.05, 0.1) is 0 Å². The fourth-order valence-electron chi connectivity index (χ4n) is 0.687. The van der Waals surface area contributed by atoms with E-state index in [0.29, 0.717) is 5.47 Å². The topological polar surface area (TPSA) is 23.5 Å². The van der Waals surface area contributed by atoms with Crippen molar-refractivity contribution in [3.63, 3.8) is 0 Å². The van der Waals surface area contributed by atoms with Crippen LogP contribution in [0.5, 0.6) is 0 Å². The van der Waals surface area contributed by atoms with Crippen LogP contribution in [0.1, 0.15) is 0 Å². The Balaban J connectivity index is 2.70. The summed E-state index contributed by atoms with van der Waals surface area (Å²) >= 11 is 0. The van der Waals surface area contributed by atoms with Crippen LogP contribution >= 0.6 is 0 Å². The molecular formula is C6H8BNO. The molecule has 1 N–H and O–H groups in total. The number of aliphatic hydroxyl groups is 1. The monoisotopic (exact) mass is 121 g/mol. The van der Waals surface area contributed by atoms with E-state index < -0.39 is 6.23 Å². The molecule has 1 aliphatic rings. The first kappa shape index (κ1) is 6.43. The van der Waals surface area contributed by atoms with Crippen LogP contribution in [0.4, 0.5) is 0 Å². The number of allylic oxidation sites excluding steroid dienone is 2. The highest BCUT2D eigenvalue weighted by molar-refractivity contribution is 6.23. The van der Waals surface area contributed by atoms with Crippen molar-refractivity contribution >= 4 is 7.85 Å². The first-order chi connectivity index (χ1) is 4.20. The molecule has 3 heteroatoms. The number of rotatable bonds is 0. The van der Waals surface area contributed by atoms with Gasteiger partial charge in [0.15, 0.2) is 0 Å². The summed E-state index contributed by atoms with van der Waals surface area (Å²) in [5.41, 5.74) is 0.669. The molecule has 0 saturated heterocycles. The lowest BCUT2D eigenvalue weighted by Crippen LogP contribution is -2.26. The zero-order valence-electron chi connectivity index (χ0n) is 5.28. The second-order valence-electron chi connectivity index (χ2n) is 2.07. The van der Waals surface area contributed by atoms with E-state index >= 15 is 0 Å². The molecule has 9 heavy (non-hydrogen) atoms. The van der Waals surface area contributed by atoms with E-state index in [-0.39, 0.29) is 0 Å². The summed E-state index contributed by atoms with van der Waals surface area (Å²) in [5.74, 6) is 0. The van der Waals surface area contributed by atoms with E-state index in [1.165, 1.54) is 0 Å². The highest BCUT2D eigenvalue weighted by Gasteiger charge is 2.05. The Morgan fingerprint density at radius 2 is 2.44 bits per heavy atom. The lowest BCUT2D eigenvalue weighted by molar-refractivity contribution is 0.0969. The molecule has 0 saturated carbocycles. The van der Waals surface area contributed by atoms with Crippen LogP contribution in [0.15, 0.2) is 23.8 Å². The molecule has 0 spiro atoms. The third-order valence-electron chi connectivity index (χ3n) is 1.23. The average Bonchev–Trinajstić information content (AvgIpc) is 1.80. The van der Waals surface area contributed by atoms with E-state index in [1.807, 2.05) is 0 Å². The highest BCUT2D eigenvalue weighted by Crippen LogP contribution is 2.05. The minimum absolute atomic E-state index is 0.516. The molecule has 0 amide bonds. The highest BCUT2D eigenvalue weighted by atomic mass is 16.3. The molecule has 0 aromatic heterocycles. The van der Waals surface area contributed by atoms with Gasteiger partial charge in [-0.3, -0.25) is 0 Å². The van der Waals surface area contributed by atoms with Gasteiger partial charge in [-0.2, -0.15) is 0 Å². The smallest absolute Gasteiger partial charge is 0.145 e. The summed E-state index contributed by atoms with van der Waals surface area (Å²) in [5, 5.41) is 9.03. The van der Waals surface area contributed by atoms with E-state index in [9.17, 15) is 0 Å². The minimum atomic E-state index is -0.516. The van der Waals surface area contributed by atoms with Crippen molar-refractivity contribution in [2.24, 2.45) is 0 Å². The van der Waals surface area contributed by atoms with Gasteiger partial charge in [0.25, 0.3) is 0 Å². The van der Waals surface area contributed by atoms with Gasteiger partial charge in [-0.05, 0) is 12.3 Å². The Kier molecular flexibility index (Phi) is 1.62. The largest absolute Gasteiger partial charge is 0.370 e. The number of hydrogen-bond acceptors (Lipinski definition) is 2. The van der Waals surface area contributed by atoms with Gasteiger partial charge in [-0.1, -0.05) is 11.5 Å². The Morgan fingerprint density at radius 3 is 2.89 bits per heavy atom. The van der Waals surface area contributed by atoms with Crippen molar-refractivity contribution in [2.75, 3.05) is 7.05 Å². The molecule has 1 unspecified atom stereocenters. The van der Waals surface area contributed by atoms with Gasteiger partial charge in [-0.25, -0.2) is 0 Å². The van der Waals surface area contributed by atoms with E-state index in [2.05, 4.69) is 0 Å². The molecule has 2 radical (unpaired) electrons. The van der Waals surface area contributed by atoms with Gasteiger partial charge in [0, 0.05) is 7.05 Å². The van der Waals surface area contributed by atoms with Crippen LogP contribution in [-0.4, -0.2) is 31.1 Å². The lowest BCUT2D eigenvalue weighted by Gasteiger charge is -2.22. The van der Waals surface area contributed by atoms with Crippen LogP contribution in [0.3, 0.4) is 0 Å². The Morgan fingerprint density at radius 1 is 1.78 bits per heavy atom. The number of aliphatic hydroxyl groups excluding tert-OH is 1. The molecule has 1 heterocycles. The second-order valence-corrected chi connectivity index (χ2v) is 2.07. The quantitative estimate of drug-likeness (QED) is 0.449. The third kappa shape index (κ3) is 1.36. The van der Waals surface area contributed by atoms with Gasteiger partial charge < -0.3 is 10.0 Å². The lowest BCUT2D eigenvalue weighted by atomic mass is 9.95. The van der Waals surface area contributed by atoms with Gasteiger partial charge in [0.2, 0.25) is 0 Å². The third-order valence-corrected chi connectivity index (χ3v) is 1.23. The molecule has 1 rings (SSSR count). The maximum atomic E-state index is 9.03. The van der Waals surface area contributed by atoms with Crippen LogP contribution < -0.4 is 0 Å². The standard InChI is InChI=1S/C6H8BNO/c1-8-4-5(7)2-3-6(8)9/h2-4,6,9H,1H3. The maximum absolute atomic E-state index is 9.03. The summed E-state index contributed by atoms with van der Waals surface area (Å²) < 4.78 is 0. The summed E-state index contributed by atoms with van der Waals surface area (Å²) in [6.07, 6.45) is 4.49. The first-order valence-electron chi connectivity index (χ1n) is 2.75. The van der Waals surface area contributed by atoms with E-state index in [4.69, 9.17) is 13.0 Å². The van der Waals surface area contributed by atoms with Gasteiger partial charge >= 0.3 is 0 Å².